The van der Waals surface area contributed by atoms with Crippen molar-refractivity contribution in [1.82, 2.24) is 4.90 Å². The lowest BCUT2D eigenvalue weighted by Crippen LogP contribution is -2.32. The zero-order chi connectivity index (χ0) is 13.1. The molecule has 0 saturated heterocycles. The van der Waals surface area contributed by atoms with Crippen molar-refractivity contribution in [2.45, 2.75) is 19.4 Å². The van der Waals surface area contributed by atoms with Crippen LogP contribution in [0.4, 0.5) is 0 Å². The Hall–Kier alpha value is -1.06. The average molecular weight is 248 g/mol. The Morgan fingerprint density at radius 3 is 2.78 bits per heavy atom. The highest BCUT2D eigenvalue weighted by molar-refractivity contribution is 5.30. The smallest absolute Gasteiger partial charge is 0.119 e. The van der Waals surface area contributed by atoms with Crippen LogP contribution in [0.3, 0.4) is 0 Å². The van der Waals surface area contributed by atoms with Crippen molar-refractivity contribution in [3.63, 3.8) is 0 Å². The summed E-state index contributed by atoms with van der Waals surface area (Å²) in [5, 5.41) is 0. The van der Waals surface area contributed by atoms with Crippen molar-refractivity contribution in [3.8, 4) is 5.75 Å². The SMILES string of the molecule is COc1cccc(C(CN)N(C)CC2CC2C)c1. The first-order valence-corrected chi connectivity index (χ1v) is 6.70. The molecule has 0 aromatic heterocycles. The standard InChI is InChI=1S/C15H24N2O/c1-11-7-13(11)10-17(2)15(9-16)12-5-4-6-14(8-12)18-3/h4-6,8,11,13,15H,7,9-10,16H2,1-3H3. The van der Waals surface area contributed by atoms with Crippen LogP contribution in [0.25, 0.3) is 0 Å². The second-order valence-corrected chi connectivity index (χ2v) is 5.44. The Morgan fingerprint density at radius 2 is 2.22 bits per heavy atom. The van der Waals surface area contributed by atoms with Gasteiger partial charge in [0.1, 0.15) is 5.75 Å². The first-order chi connectivity index (χ1) is 8.65. The summed E-state index contributed by atoms with van der Waals surface area (Å²) < 4.78 is 5.28. The number of hydrogen-bond acceptors (Lipinski definition) is 3. The van der Waals surface area contributed by atoms with Crippen LogP contribution >= 0.6 is 0 Å². The predicted molar refractivity (Wildman–Crippen MR) is 74.7 cm³/mol. The summed E-state index contributed by atoms with van der Waals surface area (Å²) in [6.07, 6.45) is 1.36. The molecule has 0 amide bonds. The van der Waals surface area contributed by atoms with E-state index in [0.29, 0.717) is 6.54 Å². The summed E-state index contributed by atoms with van der Waals surface area (Å²) in [6.45, 7) is 4.10. The van der Waals surface area contributed by atoms with Gasteiger partial charge in [-0.25, -0.2) is 0 Å². The molecule has 0 spiro atoms. The van der Waals surface area contributed by atoms with Crippen molar-refractivity contribution >= 4 is 0 Å². The van der Waals surface area contributed by atoms with Crippen LogP contribution in [0.15, 0.2) is 24.3 Å². The van der Waals surface area contributed by atoms with Crippen molar-refractivity contribution in [1.29, 1.82) is 0 Å². The largest absolute Gasteiger partial charge is 0.497 e. The lowest BCUT2D eigenvalue weighted by Gasteiger charge is -2.27. The van der Waals surface area contributed by atoms with E-state index in [0.717, 1.165) is 24.1 Å². The fraction of sp³-hybridized carbons (Fsp3) is 0.600. The minimum Gasteiger partial charge on any atom is -0.497 e. The Balaban J connectivity index is 2.06. The van der Waals surface area contributed by atoms with Gasteiger partial charge >= 0.3 is 0 Å². The molecule has 2 N–H and O–H groups in total. The molecule has 1 aliphatic rings. The van der Waals surface area contributed by atoms with Gasteiger partial charge in [0.05, 0.1) is 7.11 Å². The molecule has 0 radical (unpaired) electrons. The van der Waals surface area contributed by atoms with E-state index in [1.54, 1.807) is 7.11 Å². The summed E-state index contributed by atoms with van der Waals surface area (Å²) in [6, 6.07) is 8.51. The lowest BCUT2D eigenvalue weighted by molar-refractivity contribution is 0.236. The third-order valence-corrected chi connectivity index (χ3v) is 4.03. The molecule has 1 aliphatic carbocycles. The van der Waals surface area contributed by atoms with Gasteiger partial charge in [-0.05, 0) is 43.0 Å². The minimum absolute atomic E-state index is 0.285. The summed E-state index contributed by atoms with van der Waals surface area (Å²) in [4.78, 5) is 2.38. The fourth-order valence-electron chi connectivity index (χ4n) is 2.57. The highest BCUT2D eigenvalue weighted by Crippen LogP contribution is 2.39. The monoisotopic (exact) mass is 248 g/mol. The highest BCUT2D eigenvalue weighted by atomic mass is 16.5. The number of nitrogens with two attached hydrogens (primary N) is 1. The Bertz CT molecular complexity index is 394. The molecule has 1 fully saturated rings. The first-order valence-electron chi connectivity index (χ1n) is 6.70. The molecule has 1 saturated carbocycles. The lowest BCUT2D eigenvalue weighted by atomic mass is 10.0. The normalized spacial score (nSPS) is 24.1. The van der Waals surface area contributed by atoms with Gasteiger partial charge in [-0.15, -0.1) is 0 Å². The average Bonchev–Trinajstić information content (AvgIpc) is 3.06. The van der Waals surface area contributed by atoms with Gasteiger partial charge in [-0.2, -0.15) is 0 Å². The predicted octanol–water partition coefficient (Wildman–Crippen LogP) is 2.28. The number of nitrogens with zero attached hydrogens (tertiary/aromatic N) is 1. The topological polar surface area (TPSA) is 38.5 Å². The van der Waals surface area contributed by atoms with Gasteiger partial charge in [0.2, 0.25) is 0 Å². The Kier molecular flexibility index (Phi) is 4.25. The zero-order valence-electron chi connectivity index (χ0n) is 11.6. The van der Waals surface area contributed by atoms with E-state index >= 15 is 0 Å². The molecule has 0 heterocycles. The molecule has 3 unspecified atom stereocenters. The first kappa shape index (κ1) is 13.4. The highest BCUT2D eigenvalue weighted by Gasteiger charge is 2.34. The van der Waals surface area contributed by atoms with E-state index < -0.39 is 0 Å². The zero-order valence-corrected chi connectivity index (χ0v) is 11.6. The molecule has 3 atom stereocenters. The fourth-order valence-corrected chi connectivity index (χ4v) is 2.57. The van der Waals surface area contributed by atoms with Gasteiger partial charge in [0, 0.05) is 19.1 Å². The second-order valence-electron chi connectivity index (χ2n) is 5.44. The van der Waals surface area contributed by atoms with Gasteiger partial charge in [0.25, 0.3) is 0 Å². The Morgan fingerprint density at radius 1 is 1.50 bits per heavy atom. The van der Waals surface area contributed by atoms with Crippen molar-refractivity contribution < 1.29 is 4.74 Å². The quantitative estimate of drug-likeness (QED) is 0.839. The summed E-state index contributed by atoms with van der Waals surface area (Å²) >= 11 is 0. The molecular formula is C15H24N2O. The van der Waals surface area contributed by atoms with Gasteiger partial charge in [-0.1, -0.05) is 19.1 Å². The van der Waals surface area contributed by atoms with Crippen LogP contribution in [-0.2, 0) is 0 Å². The van der Waals surface area contributed by atoms with E-state index in [1.807, 2.05) is 12.1 Å². The maximum absolute atomic E-state index is 5.95. The van der Waals surface area contributed by atoms with E-state index in [2.05, 4.69) is 31.0 Å². The van der Waals surface area contributed by atoms with E-state index in [1.165, 1.54) is 12.0 Å². The van der Waals surface area contributed by atoms with Gasteiger partial charge in [-0.3, -0.25) is 4.90 Å². The van der Waals surface area contributed by atoms with E-state index in [9.17, 15) is 0 Å². The van der Waals surface area contributed by atoms with E-state index in [-0.39, 0.29) is 6.04 Å². The Labute approximate surface area is 110 Å². The van der Waals surface area contributed by atoms with E-state index in [4.69, 9.17) is 10.5 Å². The summed E-state index contributed by atoms with van der Waals surface area (Å²) in [5.41, 5.74) is 7.19. The number of benzene rings is 1. The molecular weight excluding hydrogens is 224 g/mol. The van der Waals surface area contributed by atoms with Gasteiger partial charge in [0.15, 0.2) is 0 Å². The van der Waals surface area contributed by atoms with Crippen LogP contribution in [0.1, 0.15) is 24.9 Å². The summed E-state index contributed by atoms with van der Waals surface area (Å²) in [7, 11) is 3.87. The van der Waals surface area contributed by atoms with Gasteiger partial charge < -0.3 is 10.5 Å². The molecule has 3 heteroatoms. The maximum Gasteiger partial charge on any atom is 0.119 e. The number of likely N-dealkylation sites (N-methyl/N-ethyl adjacent to an activating group) is 1. The number of ether oxygens (including phenoxy) is 1. The van der Waals surface area contributed by atoms with Crippen LogP contribution in [-0.4, -0.2) is 32.1 Å². The number of methoxy groups -OCH3 is 1. The van der Waals surface area contributed by atoms with Crippen molar-refractivity contribution in [2.75, 3.05) is 27.2 Å². The molecule has 0 bridgehead atoms. The maximum atomic E-state index is 5.95. The third-order valence-electron chi connectivity index (χ3n) is 4.03. The molecule has 1 aromatic carbocycles. The number of rotatable bonds is 6. The molecule has 100 valence electrons. The summed E-state index contributed by atoms with van der Waals surface area (Å²) in [5.74, 6) is 2.64. The molecule has 1 aromatic rings. The molecule has 3 nitrogen and oxygen atoms in total. The van der Waals surface area contributed by atoms with Crippen LogP contribution in [0.2, 0.25) is 0 Å². The molecule has 18 heavy (non-hydrogen) atoms. The minimum atomic E-state index is 0.285. The third kappa shape index (κ3) is 3.03. The van der Waals surface area contributed by atoms with Crippen molar-refractivity contribution in [2.24, 2.45) is 17.6 Å². The second kappa shape index (κ2) is 5.72. The van der Waals surface area contributed by atoms with Crippen LogP contribution in [0, 0.1) is 11.8 Å². The van der Waals surface area contributed by atoms with Crippen molar-refractivity contribution in [3.05, 3.63) is 29.8 Å². The number of hydrogen-bond donors (Lipinski definition) is 1. The van der Waals surface area contributed by atoms with Crippen LogP contribution < -0.4 is 10.5 Å². The van der Waals surface area contributed by atoms with Crippen LogP contribution in [0.5, 0.6) is 5.75 Å². The molecule has 2 rings (SSSR count). The molecule has 0 aliphatic heterocycles.